The summed E-state index contributed by atoms with van der Waals surface area (Å²) >= 11 is 1.58. The van der Waals surface area contributed by atoms with Gasteiger partial charge < -0.3 is 9.88 Å². The number of hydrogen-bond acceptors (Lipinski definition) is 5. The predicted molar refractivity (Wildman–Crippen MR) is 107 cm³/mol. The van der Waals surface area contributed by atoms with Crippen molar-refractivity contribution < 1.29 is 4.79 Å². The van der Waals surface area contributed by atoms with Crippen molar-refractivity contribution in [2.45, 2.75) is 10.9 Å². The summed E-state index contributed by atoms with van der Waals surface area (Å²) in [5.41, 5.74) is 2.49. The highest BCUT2D eigenvalue weighted by Gasteiger charge is 2.09. The summed E-state index contributed by atoms with van der Waals surface area (Å²) in [6, 6.07) is 19.1. The average Bonchev–Trinajstić information content (AvgIpc) is 3.11. The van der Waals surface area contributed by atoms with Crippen molar-refractivity contribution in [2.75, 3.05) is 5.32 Å². The fourth-order valence-corrected chi connectivity index (χ4v) is 3.51. The SMILES string of the molecule is Cn1cnnc1SCc1cccc(C(=O)Nc2ccc3ccccc3n2)c1. The number of rotatable bonds is 5. The van der Waals surface area contributed by atoms with E-state index in [0.717, 1.165) is 21.6 Å². The molecule has 2 aromatic heterocycles. The molecule has 0 bridgehead atoms. The van der Waals surface area contributed by atoms with Gasteiger partial charge in [0.25, 0.3) is 5.91 Å². The molecule has 134 valence electrons. The molecule has 0 aliphatic heterocycles. The topological polar surface area (TPSA) is 72.7 Å². The second kappa shape index (κ2) is 7.59. The second-order valence-corrected chi connectivity index (χ2v) is 7.00. The maximum Gasteiger partial charge on any atom is 0.256 e. The summed E-state index contributed by atoms with van der Waals surface area (Å²) in [5, 5.41) is 12.7. The molecule has 0 unspecified atom stereocenters. The van der Waals surface area contributed by atoms with Crippen LogP contribution >= 0.6 is 11.8 Å². The zero-order chi connectivity index (χ0) is 18.6. The van der Waals surface area contributed by atoms with Gasteiger partial charge in [-0.15, -0.1) is 10.2 Å². The van der Waals surface area contributed by atoms with E-state index in [4.69, 9.17) is 0 Å². The van der Waals surface area contributed by atoms with E-state index in [0.29, 0.717) is 17.1 Å². The van der Waals surface area contributed by atoms with Crippen molar-refractivity contribution in [1.29, 1.82) is 0 Å². The van der Waals surface area contributed by atoms with Crippen molar-refractivity contribution in [3.05, 3.63) is 78.1 Å². The molecule has 0 spiro atoms. The van der Waals surface area contributed by atoms with Gasteiger partial charge in [-0.1, -0.05) is 42.1 Å². The van der Waals surface area contributed by atoms with Crippen LogP contribution in [-0.2, 0) is 12.8 Å². The largest absolute Gasteiger partial charge is 0.312 e. The Morgan fingerprint density at radius 3 is 2.85 bits per heavy atom. The van der Waals surface area contributed by atoms with Crippen molar-refractivity contribution in [3.63, 3.8) is 0 Å². The number of amides is 1. The van der Waals surface area contributed by atoms with Crippen LogP contribution in [0.15, 0.2) is 72.1 Å². The second-order valence-electron chi connectivity index (χ2n) is 6.06. The molecule has 0 radical (unpaired) electrons. The fourth-order valence-electron chi connectivity index (χ4n) is 2.68. The van der Waals surface area contributed by atoms with E-state index in [1.54, 1.807) is 24.2 Å². The van der Waals surface area contributed by atoms with Gasteiger partial charge >= 0.3 is 0 Å². The van der Waals surface area contributed by atoms with Crippen LogP contribution in [0.4, 0.5) is 5.82 Å². The van der Waals surface area contributed by atoms with Crippen molar-refractivity contribution in [1.82, 2.24) is 19.7 Å². The molecule has 0 aliphatic carbocycles. The number of thioether (sulfide) groups is 1. The Balaban J connectivity index is 1.47. The number of nitrogens with one attached hydrogen (secondary N) is 1. The van der Waals surface area contributed by atoms with E-state index < -0.39 is 0 Å². The number of para-hydroxylation sites is 1. The van der Waals surface area contributed by atoms with Crippen molar-refractivity contribution in [3.8, 4) is 0 Å². The van der Waals surface area contributed by atoms with E-state index >= 15 is 0 Å². The molecule has 0 aliphatic rings. The van der Waals surface area contributed by atoms with Crippen molar-refractivity contribution in [2.24, 2.45) is 7.05 Å². The Morgan fingerprint density at radius 1 is 1.11 bits per heavy atom. The molecule has 0 atom stereocenters. The number of nitrogens with zero attached hydrogens (tertiary/aromatic N) is 4. The minimum atomic E-state index is -0.178. The number of hydrogen-bond donors (Lipinski definition) is 1. The Hall–Kier alpha value is -3.19. The molecule has 2 heterocycles. The van der Waals surface area contributed by atoms with E-state index in [1.807, 2.05) is 66.2 Å². The highest BCUT2D eigenvalue weighted by molar-refractivity contribution is 7.98. The number of fused-ring (bicyclic) bond motifs is 1. The Labute approximate surface area is 160 Å². The van der Waals surface area contributed by atoms with Crippen molar-refractivity contribution >= 4 is 34.4 Å². The van der Waals surface area contributed by atoms with E-state index in [-0.39, 0.29) is 5.91 Å². The molecule has 0 fully saturated rings. The van der Waals surface area contributed by atoms with Gasteiger partial charge in [-0.25, -0.2) is 4.98 Å². The van der Waals surface area contributed by atoms with Crippen LogP contribution < -0.4 is 5.32 Å². The third-order valence-electron chi connectivity index (χ3n) is 4.07. The predicted octanol–water partition coefficient (Wildman–Crippen LogP) is 3.91. The fraction of sp³-hybridized carbons (Fsp3) is 0.100. The quantitative estimate of drug-likeness (QED) is 0.536. The van der Waals surface area contributed by atoms with Crippen LogP contribution in [-0.4, -0.2) is 25.7 Å². The third-order valence-corrected chi connectivity index (χ3v) is 5.17. The minimum Gasteiger partial charge on any atom is -0.312 e. The molecule has 6 nitrogen and oxygen atoms in total. The lowest BCUT2D eigenvalue weighted by Gasteiger charge is -2.07. The summed E-state index contributed by atoms with van der Waals surface area (Å²) in [5.74, 6) is 1.07. The lowest BCUT2D eigenvalue weighted by atomic mass is 10.1. The first-order valence-corrected chi connectivity index (χ1v) is 9.40. The average molecular weight is 375 g/mol. The van der Waals surface area contributed by atoms with E-state index in [1.165, 1.54) is 0 Å². The number of pyridine rings is 1. The van der Waals surface area contributed by atoms with E-state index in [9.17, 15) is 4.79 Å². The summed E-state index contributed by atoms with van der Waals surface area (Å²) in [7, 11) is 1.91. The van der Waals surface area contributed by atoms with Crippen LogP contribution in [0.25, 0.3) is 10.9 Å². The van der Waals surface area contributed by atoms with Gasteiger partial charge in [0, 0.05) is 23.8 Å². The van der Waals surface area contributed by atoms with Crippen LogP contribution in [0.1, 0.15) is 15.9 Å². The number of benzene rings is 2. The minimum absolute atomic E-state index is 0.178. The van der Waals surface area contributed by atoms with Gasteiger partial charge in [0.2, 0.25) is 0 Å². The van der Waals surface area contributed by atoms with Gasteiger partial charge in [-0.05, 0) is 35.9 Å². The van der Waals surface area contributed by atoms with Crippen LogP contribution in [0.5, 0.6) is 0 Å². The molecule has 4 aromatic rings. The maximum atomic E-state index is 12.6. The molecule has 1 amide bonds. The highest BCUT2D eigenvalue weighted by Crippen LogP contribution is 2.21. The smallest absolute Gasteiger partial charge is 0.256 e. The molecule has 1 N–H and O–H groups in total. The first-order chi connectivity index (χ1) is 13.2. The van der Waals surface area contributed by atoms with Crippen LogP contribution in [0, 0.1) is 0 Å². The molecule has 0 saturated heterocycles. The maximum absolute atomic E-state index is 12.6. The first-order valence-electron chi connectivity index (χ1n) is 8.42. The molecule has 2 aromatic carbocycles. The molecular formula is C20H17N5OS. The number of aryl methyl sites for hydroxylation is 1. The summed E-state index contributed by atoms with van der Waals surface area (Å²) in [6.07, 6.45) is 1.67. The van der Waals surface area contributed by atoms with Gasteiger partial charge in [0.05, 0.1) is 5.52 Å². The van der Waals surface area contributed by atoms with E-state index in [2.05, 4.69) is 20.5 Å². The first kappa shape index (κ1) is 17.2. The van der Waals surface area contributed by atoms with Gasteiger partial charge in [0.1, 0.15) is 12.1 Å². The standard InChI is InChI=1S/C20H17N5OS/c1-25-13-21-24-20(25)27-12-14-5-4-7-16(11-14)19(26)23-18-10-9-15-6-2-3-8-17(15)22-18/h2-11,13H,12H2,1H3,(H,22,23,26). The molecule has 0 saturated carbocycles. The Bertz CT molecular complexity index is 1110. The number of anilines is 1. The molecule has 4 rings (SSSR count). The Kier molecular flexibility index (Phi) is 4.84. The van der Waals surface area contributed by atoms with Gasteiger partial charge in [0.15, 0.2) is 5.16 Å². The van der Waals surface area contributed by atoms with Gasteiger partial charge in [-0.2, -0.15) is 0 Å². The van der Waals surface area contributed by atoms with Crippen LogP contribution in [0.3, 0.4) is 0 Å². The number of carbonyl (C=O) groups is 1. The number of carbonyl (C=O) groups excluding carboxylic acids is 1. The molecule has 7 heteroatoms. The number of aromatic nitrogens is 4. The summed E-state index contributed by atoms with van der Waals surface area (Å²) < 4.78 is 1.87. The lowest BCUT2D eigenvalue weighted by Crippen LogP contribution is -2.13. The van der Waals surface area contributed by atoms with Crippen LogP contribution in [0.2, 0.25) is 0 Å². The lowest BCUT2D eigenvalue weighted by molar-refractivity contribution is 0.102. The third kappa shape index (κ3) is 3.98. The summed E-state index contributed by atoms with van der Waals surface area (Å²) in [4.78, 5) is 17.1. The normalized spacial score (nSPS) is 10.9. The monoisotopic (exact) mass is 375 g/mol. The van der Waals surface area contributed by atoms with Gasteiger partial charge in [-0.3, -0.25) is 4.79 Å². The Morgan fingerprint density at radius 2 is 2.00 bits per heavy atom. The summed E-state index contributed by atoms with van der Waals surface area (Å²) in [6.45, 7) is 0. The molecular weight excluding hydrogens is 358 g/mol. The zero-order valence-electron chi connectivity index (χ0n) is 14.7. The molecule has 27 heavy (non-hydrogen) atoms. The zero-order valence-corrected chi connectivity index (χ0v) is 15.5. The highest BCUT2D eigenvalue weighted by atomic mass is 32.2.